The molecule has 0 bridgehead atoms. The van der Waals surface area contributed by atoms with Gasteiger partial charge < -0.3 is 1.43 Å². The zero-order valence-corrected chi connectivity index (χ0v) is 20.8. The van der Waals surface area contributed by atoms with Gasteiger partial charge in [0.05, 0.1) is 0 Å². The molecule has 0 spiro atoms. The van der Waals surface area contributed by atoms with Gasteiger partial charge in [0.1, 0.15) is 17.1 Å². The van der Waals surface area contributed by atoms with Gasteiger partial charge in [-0.2, -0.15) is 94.3 Å². The van der Waals surface area contributed by atoms with Crippen LogP contribution < -0.4 is 29.6 Å². The molecule has 0 aromatic carbocycles. The molecule has 0 radical (unpaired) electrons. The topological polar surface area (TPSA) is 53.5 Å². The Morgan fingerprint density at radius 1 is 0.415 bits per heavy atom. The van der Waals surface area contributed by atoms with Gasteiger partial charge in [-0.3, -0.25) is 13.8 Å². The minimum Gasteiger partial charge on any atom is -1.00 e. The van der Waals surface area contributed by atoms with E-state index in [0.29, 0.717) is 0 Å². The van der Waals surface area contributed by atoms with Crippen molar-refractivity contribution in [2.75, 3.05) is 0 Å². The van der Waals surface area contributed by atoms with Crippen LogP contribution in [0.15, 0.2) is 18.2 Å². The van der Waals surface area contributed by atoms with Crippen LogP contribution in [-0.2, 0) is 37.1 Å². The first kappa shape index (κ1) is 34.6. The predicted octanol–water partition coefficient (Wildman–Crippen LogP) is 3.44. The van der Waals surface area contributed by atoms with Crippen LogP contribution in [0.5, 0.6) is 0 Å². The summed E-state index contributed by atoms with van der Waals surface area (Å²) in [6.45, 7) is 0. The minimum atomic E-state index is -6.15. The second-order valence-corrected chi connectivity index (χ2v) is 7.41. The molecule has 26 heteroatoms. The van der Waals surface area contributed by atoms with Crippen LogP contribution in [0.4, 0.5) is 79.0 Å². The standard InChI is InChI=1S/C15H3BF18N6.Na.H/c17-10(18,19)4-1-7(13(26,27)28)38(35-4)16(39-8(14(29,30)31)2-5(36-39)11(20,21)22)40-9(15(32,33)34)3-6(37-40)12(23,24)25;;/h1-3H;;/q;+1;-1. The average Bonchev–Trinajstić information content (AvgIpc) is 3.42. The zero-order valence-electron chi connectivity index (χ0n) is 19.8. The van der Waals surface area contributed by atoms with E-state index < -0.39 is 110 Å². The molecule has 0 atom stereocenters. The Morgan fingerprint density at radius 3 is 0.756 bits per heavy atom. The maximum absolute atomic E-state index is 13.6. The molecule has 0 N–H and O–H groups in total. The van der Waals surface area contributed by atoms with Crippen LogP contribution >= 0.6 is 0 Å². The van der Waals surface area contributed by atoms with E-state index in [2.05, 4.69) is 15.3 Å². The van der Waals surface area contributed by atoms with E-state index in [-0.39, 0.29) is 31.0 Å². The molecule has 0 fully saturated rings. The van der Waals surface area contributed by atoms with Crippen molar-refractivity contribution in [3.05, 3.63) is 52.4 Å². The molecule has 3 aromatic rings. The smallest absolute Gasteiger partial charge is 1.00 e. The van der Waals surface area contributed by atoms with Crippen molar-refractivity contribution in [1.82, 2.24) is 29.1 Å². The number of halogens is 18. The largest absolute Gasteiger partial charge is 1.00 e. The summed E-state index contributed by atoms with van der Waals surface area (Å²) in [7, 11) is -4.06. The molecule has 3 heterocycles. The normalized spacial score (nSPS) is 13.9. The summed E-state index contributed by atoms with van der Waals surface area (Å²) in [6, 6.07) is -2.89. The number of aromatic nitrogens is 6. The first-order valence-corrected chi connectivity index (χ1v) is 9.35. The molecule has 0 aliphatic heterocycles. The molecule has 3 aromatic heterocycles. The maximum Gasteiger partial charge on any atom is 1.00 e. The monoisotopic (exact) mass is 644 g/mol. The Kier molecular flexibility index (Phi) is 8.71. The summed E-state index contributed by atoms with van der Waals surface area (Å²) in [5.41, 5.74) is -16.5. The summed E-state index contributed by atoms with van der Waals surface area (Å²) in [4.78, 5) is 0. The van der Waals surface area contributed by atoms with Crippen LogP contribution in [0.1, 0.15) is 35.6 Å². The molecule has 0 saturated carbocycles. The molecule has 0 amide bonds. The van der Waals surface area contributed by atoms with E-state index in [9.17, 15) is 79.0 Å². The predicted molar refractivity (Wildman–Crippen MR) is 89.8 cm³/mol. The van der Waals surface area contributed by atoms with Crippen LogP contribution in [0.25, 0.3) is 0 Å². The van der Waals surface area contributed by atoms with Crippen molar-refractivity contribution < 1.29 is 110 Å². The molecular formula is C15H4BF18N6Na. The minimum absolute atomic E-state index is 0. The fourth-order valence-electron chi connectivity index (χ4n) is 3.07. The molecule has 0 unspecified atom stereocenters. The summed E-state index contributed by atoms with van der Waals surface area (Å²) in [5.74, 6) is 0. The summed E-state index contributed by atoms with van der Waals surface area (Å²) < 4.78 is 237. The fourth-order valence-corrected chi connectivity index (χ4v) is 3.07. The molecule has 0 saturated heterocycles. The van der Waals surface area contributed by atoms with Gasteiger partial charge in [0.15, 0.2) is 17.1 Å². The first-order chi connectivity index (χ1) is 17.6. The second-order valence-electron chi connectivity index (χ2n) is 7.41. The second kappa shape index (κ2) is 10.3. The molecule has 41 heavy (non-hydrogen) atoms. The molecular weight excluding hydrogens is 640 g/mol. The van der Waals surface area contributed by atoms with Gasteiger partial charge in [-0.25, -0.2) is 0 Å². The Labute approximate surface area is 235 Å². The Balaban J connectivity index is 0.00000441. The number of hydrogen-bond acceptors (Lipinski definition) is 3. The molecule has 3 rings (SSSR count). The van der Waals surface area contributed by atoms with Gasteiger partial charge in [-0.1, -0.05) is 0 Å². The van der Waals surface area contributed by atoms with Gasteiger partial charge in [-0.15, -0.1) is 0 Å². The van der Waals surface area contributed by atoms with E-state index in [1.54, 1.807) is 0 Å². The molecule has 0 aliphatic carbocycles. The van der Waals surface area contributed by atoms with Crippen molar-refractivity contribution in [1.29, 1.82) is 0 Å². The van der Waals surface area contributed by atoms with Crippen LogP contribution in [0.3, 0.4) is 0 Å². The third-order valence-corrected chi connectivity index (χ3v) is 4.61. The third kappa shape index (κ3) is 7.09. The van der Waals surface area contributed by atoms with E-state index in [1.165, 1.54) is 0 Å². The molecule has 0 aliphatic rings. The summed E-state index contributed by atoms with van der Waals surface area (Å²) in [5, 5.41) is 6.73. The van der Waals surface area contributed by atoms with Crippen molar-refractivity contribution >= 4 is 7.12 Å². The van der Waals surface area contributed by atoms with Crippen molar-refractivity contribution in [3.8, 4) is 0 Å². The Hall–Kier alpha value is -2.57. The van der Waals surface area contributed by atoms with Crippen LogP contribution in [-0.4, -0.2) is 36.2 Å². The van der Waals surface area contributed by atoms with Gasteiger partial charge in [0.2, 0.25) is 0 Å². The first-order valence-electron chi connectivity index (χ1n) is 9.35. The summed E-state index contributed by atoms with van der Waals surface area (Å²) in [6.07, 6.45) is -36.2. The molecule has 6 nitrogen and oxygen atoms in total. The van der Waals surface area contributed by atoms with E-state index in [0.717, 1.165) is 0 Å². The number of hydrogen-bond donors (Lipinski definition) is 0. The van der Waals surface area contributed by atoms with Gasteiger partial charge in [-0.05, 0) is 18.2 Å². The van der Waals surface area contributed by atoms with Gasteiger partial charge in [0, 0.05) is 0 Å². The zero-order chi connectivity index (χ0) is 31.0. The van der Waals surface area contributed by atoms with Crippen molar-refractivity contribution in [3.63, 3.8) is 0 Å². The van der Waals surface area contributed by atoms with E-state index >= 15 is 0 Å². The fraction of sp³-hybridized carbons (Fsp3) is 0.400. The van der Waals surface area contributed by atoms with E-state index in [4.69, 9.17) is 0 Å². The van der Waals surface area contributed by atoms with Crippen molar-refractivity contribution in [2.45, 2.75) is 37.1 Å². The van der Waals surface area contributed by atoms with Gasteiger partial charge in [0.25, 0.3) is 0 Å². The number of alkyl halides is 18. The van der Waals surface area contributed by atoms with Crippen LogP contribution in [0.2, 0.25) is 0 Å². The van der Waals surface area contributed by atoms with Crippen molar-refractivity contribution in [2.24, 2.45) is 0 Å². The maximum atomic E-state index is 13.6. The Bertz CT molecular complexity index is 1220. The SMILES string of the molecule is FC(F)(F)c1cc(C(F)(F)F)n(B(n2nc(C(F)(F)F)cc2C(F)(F)F)n2nc(C(F)(F)F)cc2C(F)(F)F)n1.[H-].[Na+]. The van der Waals surface area contributed by atoms with Crippen LogP contribution in [0, 0.1) is 0 Å². The summed E-state index contributed by atoms with van der Waals surface area (Å²) >= 11 is 0. The number of rotatable bonds is 3. The molecule has 224 valence electrons. The quantitative estimate of drug-likeness (QED) is 0.325. The Morgan fingerprint density at radius 2 is 0.610 bits per heavy atom. The third-order valence-electron chi connectivity index (χ3n) is 4.61. The number of nitrogens with zero attached hydrogens (tertiary/aromatic N) is 6. The van der Waals surface area contributed by atoms with E-state index in [1.807, 2.05) is 0 Å². The van der Waals surface area contributed by atoms with Gasteiger partial charge >= 0.3 is 73.7 Å². The average molecular weight is 644 g/mol.